The van der Waals surface area contributed by atoms with Gasteiger partial charge in [-0.25, -0.2) is 0 Å². The van der Waals surface area contributed by atoms with E-state index in [1.807, 2.05) is 12.1 Å². The van der Waals surface area contributed by atoms with Crippen LogP contribution in [0.2, 0.25) is 5.02 Å². The summed E-state index contributed by atoms with van der Waals surface area (Å²) in [5.74, 6) is -0.0104. The Bertz CT molecular complexity index is 893. The number of halogens is 1. The van der Waals surface area contributed by atoms with Gasteiger partial charge in [0.2, 0.25) is 6.10 Å². The van der Waals surface area contributed by atoms with Crippen LogP contribution in [-0.4, -0.2) is 32.1 Å². The number of nitriles is 1. The lowest BCUT2D eigenvalue weighted by atomic mass is 10.1. The van der Waals surface area contributed by atoms with Gasteiger partial charge in [0.1, 0.15) is 6.07 Å². The second kappa shape index (κ2) is 10.9. The molecular formula is C21H21ClN2O5. The molecule has 0 aromatic heterocycles. The van der Waals surface area contributed by atoms with Gasteiger partial charge < -0.3 is 19.5 Å². The molecule has 8 heteroatoms. The fourth-order valence-electron chi connectivity index (χ4n) is 2.60. The maximum absolute atomic E-state index is 12.6. The van der Waals surface area contributed by atoms with Crippen molar-refractivity contribution in [2.24, 2.45) is 0 Å². The van der Waals surface area contributed by atoms with E-state index in [4.69, 9.17) is 31.1 Å². The molecule has 0 aliphatic heterocycles. The summed E-state index contributed by atoms with van der Waals surface area (Å²) in [4.78, 5) is 24.0. The lowest BCUT2D eigenvalue weighted by molar-refractivity contribution is -0.154. The minimum atomic E-state index is -1.05. The van der Waals surface area contributed by atoms with Gasteiger partial charge in [-0.1, -0.05) is 29.8 Å². The van der Waals surface area contributed by atoms with Crippen LogP contribution in [0.25, 0.3) is 0 Å². The maximum atomic E-state index is 12.6. The van der Waals surface area contributed by atoms with Gasteiger partial charge in [0, 0.05) is 24.1 Å². The molecule has 0 heterocycles. The minimum absolute atomic E-state index is 0.0754. The summed E-state index contributed by atoms with van der Waals surface area (Å²) in [6, 6.07) is 13.7. The van der Waals surface area contributed by atoms with Crippen molar-refractivity contribution >= 4 is 23.5 Å². The third kappa shape index (κ3) is 6.70. The predicted molar refractivity (Wildman–Crippen MR) is 107 cm³/mol. The summed E-state index contributed by atoms with van der Waals surface area (Å²) in [5.41, 5.74) is 1.43. The molecule has 0 saturated heterocycles. The lowest BCUT2D eigenvalue weighted by Gasteiger charge is -2.17. The normalized spacial score (nSPS) is 11.1. The molecule has 0 spiro atoms. The van der Waals surface area contributed by atoms with Gasteiger partial charge in [0.05, 0.1) is 7.11 Å². The van der Waals surface area contributed by atoms with Crippen LogP contribution in [0.4, 0.5) is 0 Å². The Balaban J connectivity index is 2.00. The smallest absolute Gasteiger partial charge is 0.303 e. The highest BCUT2D eigenvalue weighted by molar-refractivity contribution is 6.30. The topological polar surface area (TPSA) is 97.7 Å². The summed E-state index contributed by atoms with van der Waals surface area (Å²) in [5, 5.41) is 11.9. The molecule has 7 nitrogen and oxygen atoms in total. The van der Waals surface area contributed by atoms with Gasteiger partial charge >= 0.3 is 5.97 Å². The largest absolute Gasteiger partial charge is 0.493 e. The summed E-state index contributed by atoms with van der Waals surface area (Å²) in [6.45, 7) is 1.50. The number of methoxy groups -OCH3 is 1. The molecule has 152 valence electrons. The first-order valence-corrected chi connectivity index (χ1v) is 9.19. The molecule has 1 N–H and O–H groups in total. The Labute approximate surface area is 174 Å². The summed E-state index contributed by atoms with van der Waals surface area (Å²) in [7, 11) is 1.51. The minimum Gasteiger partial charge on any atom is -0.493 e. The number of hydrogen-bond donors (Lipinski definition) is 1. The van der Waals surface area contributed by atoms with Crippen LogP contribution in [0.1, 0.15) is 24.2 Å². The molecule has 0 fully saturated rings. The standard InChI is InChI=1S/C21H21ClN2O5/c1-14(25)29-20(16-4-6-17(22)7-5-16)21(26)24-11-9-15-3-8-18(28-12-10-23)19(13-15)27-2/h3-8,13,20H,9,11-12H2,1-2H3,(H,24,26). The zero-order chi connectivity index (χ0) is 21.2. The highest BCUT2D eigenvalue weighted by Gasteiger charge is 2.23. The number of esters is 1. The average molecular weight is 417 g/mol. The fourth-order valence-corrected chi connectivity index (χ4v) is 2.72. The van der Waals surface area contributed by atoms with Crippen molar-refractivity contribution in [2.75, 3.05) is 20.3 Å². The van der Waals surface area contributed by atoms with Crippen molar-refractivity contribution in [3.05, 3.63) is 58.6 Å². The third-order valence-corrected chi connectivity index (χ3v) is 4.18. The Morgan fingerprint density at radius 2 is 1.90 bits per heavy atom. The van der Waals surface area contributed by atoms with Gasteiger partial charge in [-0.3, -0.25) is 9.59 Å². The number of rotatable bonds is 9. The van der Waals surface area contributed by atoms with Crippen molar-refractivity contribution in [3.63, 3.8) is 0 Å². The Hall–Kier alpha value is -3.24. The van der Waals surface area contributed by atoms with Gasteiger partial charge in [-0.2, -0.15) is 5.26 Å². The quantitative estimate of drug-likeness (QED) is 0.630. The lowest BCUT2D eigenvalue weighted by Crippen LogP contribution is -2.33. The number of nitrogens with zero attached hydrogens (tertiary/aromatic N) is 1. The van der Waals surface area contributed by atoms with Crippen molar-refractivity contribution in [1.29, 1.82) is 5.26 Å². The van der Waals surface area contributed by atoms with E-state index in [9.17, 15) is 9.59 Å². The molecule has 1 amide bonds. The van der Waals surface area contributed by atoms with Crippen LogP contribution < -0.4 is 14.8 Å². The predicted octanol–water partition coefficient (Wildman–Crippen LogP) is 3.21. The van der Waals surface area contributed by atoms with E-state index in [2.05, 4.69) is 5.32 Å². The van der Waals surface area contributed by atoms with Crippen LogP contribution >= 0.6 is 11.6 Å². The van der Waals surface area contributed by atoms with E-state index >= 15 is 0 Å². The van der Waals surface area contributed by atoms with Crippen molar-refractivity contribution in [1.82, 2.24) is 5.32 Å². The van der Waals surface area contributed by atoms with Crippen LogP contribution in [0, 0.1) is 11.3 Å². The first kappa shape index (κ1) is 22.1. The van der Waals surface area contributed by atoms with E-state index in [-0.39, 0.29) is 6.61 Å². The third-order valence-electron chi connectivity index (χ3n) is 3.93. The molecule has 1 atom stereocenters. The molecule has 1 unspecified atom stereocenters. The molecule has 2 aromatic rings. The molecule has 2 aromatic carbocycles. The van der Waals surface area contributed by atoms with E-state index in [0.717, 1.165) is 5.56 Å². The number of benzene rings is 2. The molecule has 29 heavy (non-hydrogen) atoms. The zero-order valence-corrected chi connectivity index (χ0v) is 16.9. The highest BCUT2D eigenvalue weighted by Crippen LogP contribution is 2.28. The van der Waals surface area contributed by atoms with E-state index < -0.39 is 18.0 Å². The first-order valence-electron chi connectivity index (χ1n) is 8.81. The number of amides is 1. The van der Waals surface area contributed by atoms with Crippen LogP contribution in [0.3, 0.4) is 0 Å². The summed E-state index contributed by atoms with van der Waals surface area (Å²) < 4.78 is 15.7. The molecule has 0 aliphatic carbocycles. The van der Waals surface area contributed by atoms with Crippen LogP contribution in [0.15, 0.2) is 42.5 Å². The first-order chi connectivity index (χ1) is 13.9. The number of ether oxygens (including phenoxy) is 3. The second-order valence-electron chi connectivity index (χ2n) is 6.01. The van der Waals surface area contributed by atoms with E-state index in [0.29, 0.717) is 35.1 Å². The van der Waals surface area contributed by atoms with Crippen LogP contribution in [-0.2, 0) is 20.7 Å². The summed E-state index contributed by atoms with van der Waals surface area (Å²) in [6.07, 6.45) is -0.533. The molecular weight excluding hydrogens is 396 g/mol. The number of nitrogens with one attached hydrogen (secondary N) is 1. The molecule has 0 saturated carbocycles. The number of carbonyl (C=O) groups excluding carboxylic acids is 2. The second-order valence-corrected chi connectivity index (χ2v) is 6.45. The number of carbonyl (C=O) groups is 2. The Morgan fingerprint density at radius 3 is 2.52 bits per heavy atom. The van der Waals surface area contributed by atoms with Crippen molar-refractivity contribution in [3.8, 4) is 17.6 Å². The van der Waals surface area contributed by atoms with E-state index in [1.54, 1.807) is 36.4 Å². The Morgan fingerprint density at radius 1 is 1.17 bits per heavy atom. The number of hydrogen-bond acceptors (Lipinski definition) is 6. The fraction of sp³-hybridized carbons (Fsp3) is 0.286. The van der Waals surface area contributed by atoms with Gasteiger partial charge in [-0.05, 0) is 36.2 Å². The molecule has 0 aliphatic rings. The van der Waals surface area contributed by atoms with E-state index in [1.165, 1.54) is 14.0 Å². The van der Waals surface area contributed by atoms with Gasteiger partial charge in [0.25, 0.3) is 5.91 Å². The molecule has 0 radical (unpaired) electrons. The Kier molecular flexibility index (Phi) is 8.31. The molecule has 2 rings (SSSR count). The highest BCUT2D eigenvalue weighted by atomic mass is 35.5. The monoisotopic (exact) mass is 416 g/mol. The zero-order valence-electron chi connectivity index (χ0n) is 16.1. The van der Waals surface area contributed by atoms with Gasteiger partial charge in [-0.15, -0.1) is 0 Å². The maximum Gasteiger partial charge on any atom is 0.303 e. The SMILES string of the molecule is COc1cc(CCNC(=O)C(OC(C)=O)c2ccc(Cl)cc2)ccc1OCC#N. The molecule has 0 bridgehead atoms. The van der Waals surface area contributed by atoms with Gasteiger partial charge in [0.15, 0.2) is 18.1 Å². The average Bonchev–Trinajstić information content (AvgIpc) is 2.71. The summed E-state index contributed by atoms with van der Waals surface area (Å²) >= 11 is 5.87. The van der Waals surface area contributed by atoms with Crippen molar-refractivity contribution in [2.45, 2.75) is 19.4 Å². The van der Waals surface area contributed by atoms with Crippen LogP contribution in [0.5, 0.6) is 11.5 Å². The van der Waals surface area contributed by atoms with Crippen molar-refractivity contribution < 1.29 is 23.8 Å².